The second-order valence-corrected chi connectivity index (χ2v) is 7.55. The van der Waals surface area contributed by atoms with Crippen LogP contribution in [0, 0.1) is 12.8 Å². The van der Waals surface area contributed by atoms with Crippen LogP contribution in [-0.4, -0.2) is 25.2 Å². The van der Waals surface area contributed by atoms with Gasteiger partial charge in [-0.1, -0.05) is 53.6 Å². The molecule has 0 saturated heterocycles. The molecule has 0 aromatic heterocycles. The fourth-order valence-corrected chi connectivity index (χ4v) is 3.91. The van der Waals surface area contributed by atoms with Crippen molar-refractivity contribution in [1.29, 1.82) is 0 Å². The normalized spacial score (nSPS) is 18.3. The number of benzene rings is 2. The minimum absolute atomic E-state index is 0.244. The molecule has 1 N–H and O–H groups in total. The van der Waals surface area contributed by atoms with Gasteiger partial charge in [0.15, 0.2) is 0 Å². The van der Waals surface area contributed by atoms with Crippen LogP contribution in [0.1, 0.15) is 37.8 Å². The number of carbonyl (C=O) groups is 2. The largest absolute Gasteiger partial charge is 0.466 e. The summed E-state index contributed by atoms with van der Waals surface area (Å²) in [6.45, 7) is 7.99. The molecule has 0 bridgehead atoms. The molecule has 0 fully saturated rings. The van der Waals surface area contributed by atoms with Crippen molar-refractivity contribution in [3.63, 3.8) is 0 Å². The molecule has 162 valence electrons. The molecule has 31 heavy (non-hydrogen) atoms. The van der Waals surface area contributed by atoms with E-state index in [0.717, 1.165) is 22.4 Å². The Morgan fingerprint density at radius 1 is 0.903 bits per heavy atom. The van der Waals surface area contributed by atoms with Crippen molar-refractivity contribution in [3.8, 4) is 0 Å². The van der Waals surface area contributed by atoms with Crippen molar-refractivity contribution in [2.24, 2.45) is 5.92 Å². The molecule has 2 aromatic carbocycles. The first-order chi connectivity index (χ1) is 15.0. The number of carbonyl (C=O) groups excluding carboxylic acids is 2. The number of hydrogen-bond acceptors (Lipinski definition) is 5. The zero-order chi connectivity index (χ0) is 22.4. The molecule has 0 radical (unpaired) electrons. The lowest BCUT2D eigenvalue weighted by molar-refractivity contribution is -0.147. The summed E-state index contributed by atoms with van der Waals surface area (Å²) in [5, 5.41) is 3.37. The highest BCUT2D eigenvalue weighted by Crippen LogP contribution is 2.43. The highest BCUT2D eigenvalue weighted by Gasteiger charge is 2.42. The maximum Gasteiger partial charge on any atom is 0.336 e. The first-order valence-electron chi connectivity index (χ1n) is 10.6. The van der Waals surface area contributed by atoms with Gasteiger partial charge in [-0.05, 0) is 51.5 Å². The van der Waals surface area contributed by atoms with Crippen LogP contribution in [0.15, 0.2) is 77.5 Å². The molecule has 2 atom stereocenters. The van der Waals surface area contributed by atoms with Gasteiger partial charge in [0, 0.05) is 17.3 Å². The maximum atomic E-state index is 13.2. The SMILES string of the molecule is CCOC(=O)C1=C(Nc2ccc(C)cc2)C=C(C)C(C(=O)OCC)C1c1ccccc1. The van der Waals surface area contributed by atoms with Gasteiger partial charge in [-0.2, -0.15) is 0 Å². The van der Waals surface area contributed by atoms with Crippen molar-refractivity contribution in [2.45, 2.75) is 33.6 Å². The van der Waals surface area contributed by atoms with Gasteiger partial charge in [0.25, 0.3) is 0 Å². The number of allylic oxidation sites excluding steroid dienone is 1. The Morgan fingerprint density at radius 3 is 2.16 bits per heavy atom. The lowest BCUT2D eigenvalue weighted by atomic mass is 9.72. The van der Waals surface area contributed by atoms with Gasteiger partial charge in [-0.25, -0.2) is 4.79 Å². The van der Waals surface area contributed by atoms with Crippen LogP contribution >= 0.6 is 0 Å². The third kappa shape index (κ3) is 5.05. The molecule has 5 nitrogen and oxygen atoms in total. The van der Waals surface area contributed by atoms with Crippen LogP contribution in [0.3, 0.4) is 0 Å². The fourth-order valence-electron chi connectivity index (χ4n) is 3.91. The Hall–Kier alpha value is -3.34. The molecule has 1 aliphatic carbocycles. The monoisotopic (exact) mass is 419 g/mol. The molecule has 0 saturated carbocycles. The molecular weight excluding hydrogens is 390 g/mol. The van der Waals surface area contributed by atoms with E-state index in [1.54, 1.807) is 13.8 Å². The lowest BCUT2D eigenvalue weighted by Gasteiger charge is -2.33. The molecule has 2 aromatic rings. The minimum atomic E-state index is -0.606. The van der Waals surface area contributed by atoms with Gasteiger partial charge in [0.1, 0.15) is 0 Å². The third-order valence-corrected chi connectivity index (χ3v) is 5.32. The number of aryl methyl sites for hydroxylation is 1. The van der Waals surface area contributed by atoms with Crippen molar-refractivity contribution in [3.05, 3.63) is 88.6 Å². The molecular formula is C26H29NO4. The summed E-state index contributed by atoms with van der Waals surface area (Å²) >= 11 is 0. The fraction of sp³-hybridized carbons (Fsp3) is 0.308. The second-order valence-electron chi connectivity index (χ2n) is 7.55. The number of ether oxygens (including phenoxy) is 2. The molecule has 0 spiro atoms. The van der Waals surface area contributed by atoms with E-state index < -0.39 is 17.8 Å². The minimum Gasteiger partial charge on any atom is -0.466 e. The Kier molecular flexibility index (Phi) is 7.29. The Bertz CT molecular complexity index is 990. The van der Waals surface area contributed by atoms with Gasteiger partial charge in [-0.15, -0.1) is 0 Å². The first kappa shape index (κ1) is 22.3. The standard InChI is InChI=1S/C26H29NO4/c1-5-30-25(28)22-18(4)16-21(27-20-14-12-17(3)13-15-20)24(26(29)31-6-2)23(22)19-10-8-7-9-11-19/h7-16,22-23,27H,5-6H2,1-4H3. The summed E-state index contributed by atoms with van der Waals surface area (Å²) in [5.41, 5.74) is 4.75. The summed E-state index contributed by atoms with van der Waals surface area (Å²) in [7, 11) is 0. The van der Waals surface area contributed by atoms with Gasteiger partial charge in [0.2, 0.25) is 0 Å². The van der Waals surface area contributed by atoms with E-state index in [2.05, 4.69) is 5.32 Å². The van der Waals surface area contributed by atoms with Crippen LogP contribution in [0.2, 0.25) is 0 Å². The van der Waals surface area contributed by atoms with Crippen LogP contribution in [-0.2, 0) is 19.1 Å². The predicted molar refractivity (Wildman–Crippen MR) is 122 cm³/mol. The topological polar surface area (TPSA) is 64.6 Å². The third-order valence-electron chi connectivity index (χ3n) is 5.32. The number of esters is 2. The van der Waals surface area contributed by atoms with E-state index in [-0.39, 0.29) is 19.2 Å². The van der Waals surface area contributed by atoms with Gasteiger partial charge in [0.05, 0.1) is 24.7 Å². The van der Waals surface area contributed by atoms with Crippen molar-refractivity contribution >= 4 is 17.6 Å². The summed E-state index contributed by atoms with van der Waals surface area (Å²) in [4.78, 5) is 26.1. The van der Waals surface area contributed by atoms with Crippen LogP contribution in [0.25, 0.3) is 0 Å². The molecule has 0 amide bonds. The van der Waals surface area contributed by atoms with E-state index in [9.17, 15) is 9.59 Å². The maximum absolute atomic E-state index is 13.2. The molecule has 3 rings (SSSR count). The summed E-state index contributed by atoms with van der Waals surface area (Å²) < 4.78 is 10.8. The molecule has 2 unspecified atom stereocenters. The molecule has 0 heterocycles. The Morgan fingerprint density at radius 2 is 1.55 bits per heavy atom. The Balaban J connectivity index is 2.17. The number of nitrogens with one attached hydrogen (secondary N) is 1. The van der Waals surface area contributed by atoms with Crippen LogP contribution < -0.4 is 5.32 Å². The average Bonchev–Trinajstić information content (AvgIpc) is 2.75. The van der Waals surface area contributed by atoms with Gasteiger partial charge < -0.3 is 14.8 Å². The number of hydrogen-bond donors (Lipinski definition) is 1. The second kappa shape index (κ2) is 10.1. The predicted octanol–water partition coefficient (Wildman–Crippen LogP) is 5.15. The molecule has 0 aliphatic heterocycles. The quantitative estimate of drug-likeness (QED) is 0.629. The van der Waals surface area contributed by atoms with Crippen LogP contribution in [0.5, 0.6) is 0 Å². The molecule has 5 heteroatoms. The van der Waals surface area contributed by atoms with E-state index in [1.807, 2.05) is 74.5 Å². The van der Waals surface area contributed by atoms with Gasteiger partial charge >= 0.3 is 11.9 Å². The smallest absolute Gasteiger partial charge is 0.336 e. The van der Waals surface area contributed by atoms with Crippen molar-refractivity contribution in [2.75, 3.05) is 18.5 Å². The summed E-state index contributed by atoms with van der Waals surface area (Å²) in [6, 6.07) is 17.5. The zero-order valence-corrected chi connectivity index (χ0v) is 18.5. The van der Waals surface area contributed by atoms with E-state index in [4.69, 9.17) is 9.47 Å². The van der Waals surface area contributed by atoms with Crippen LogP contribution in [0.4, 0.5) is 5.69 Å². The average molecular weight is 420 g/mol. The van der Waals surface area contributed by atoms with E-state index >= 15 is 0 Å². The lowest BCUT2D eigenvalue weighted by Crippen LogP contribution is -2.34. The zero-order valence-electron chi connectivity index (χ0n) is 18.5. The van der Waals surface area contributed by atoms with Gasteiger partial charge in [-0.3, -0.25) is 4.79 Å². The number of anilines is 1. The highest BCUT2D eigenvalue weighted by atomic mass is 16.5. The highest BCUT2D eigenvalue weighted by molar-refractivity contribution is 5.95. The summed E-state index contributed by atoms with van der Waals surface area (Å²) in [5.74, 6) is -1.91. The van der Waals surface area contributed by atoms with E-state index in [1.165, 1.54) is 0 Å². The van der Waals surface area contributed by atoms with Crippen molar-refractivity contribution in [1.82, 2.24) is 0 Å². The summed E-state index contributed by atoms with van der Waals surface area (Å²) in [6.07, 6.45) is 1.85. The van der Waals surface area contributed by atoms with Crippen molar-refractivity contribution < 1.29 is 19.1 Å². The Labute approximate surface area is 183 Å². The number of rotatable bonds is 7. The molecule has 1 aliphatic rings. The first-order valence-corrected chi connectivity index (χ1v) is 10.6. The van der Waals surface area contributed by atoms with E-state index in [0.29, 0.717) is 11.3 Å².